The van der Waals surface area contributed by atoms with Crippen LogP contribution in [0.25, 0.3) is 6.08 Å². The van der Waals surface area contributed by atoms with Gasteiger partial charge >= 0.3 is 5.97 Å². The molecule has 3 aromatic rings. The molecule has 0 fully saturated rings. The number of carbonyl (C=O) groups excluding carboxylic acids is 1. The van der Waals surface area contributed by atoms with Crippen LogP contribution in [0.4, 0.5) is 5.69 Å². The second kappa shape index (κ2) is 12.1. The summed E-state index contributed by atoms with van der Waals surface area (Å²) in [5.74, 6) is -0.933. The molecule has 2 N–H and O–H groups in total. The van der Waals surface area contributed by atoms with Gasteiger partial charge in [-0.2, -0.15) is 5.26 Å². The van der Waals surface area contributed by atoms with Crippen LogP contribution in [-0.4, -0.2) is 23.6 Å². The van der Waals surface area contributed by atoms with Gasteiger partial charge in [0.15, 0.2) is 11.5 Å². The fraction of sp³-hybridized carbons (Fsp3) is 0.115. The van der Waals surface area contributed by atoms with Crippen molar-refractivity contribution in [2.24, 2.45) is 0 Å². The predicted molar refractivity (Wildman–Crippen MR) is 137 cm³/mol. The Balaban J connectivity index is 1.82. The smallest absolute Gasteiger partial charge is 0.335 e. The summed E-state index contributed by atoms with van der Waals surface area (Å²) in [6.07, 6.45) is 1.41. The molecule has 0 saturated carbocycles. The fourth-order valence-electron chi connectivity index (χ4n) is 3.05. The Morgan fingerprint density at radius 3 is 2.51 bits per heavy atom. The van der Waals surface area contributed by atoms with Gasteiger partial charge in [-0.1, -0.05) is 45.7 Å². The second-order valence-corrected chi connectivity index (χ2v) is 8.51. The van der Waals surface area contributed by atoms with Crippen LogP contribution >= 0.6 is 27.5 Å². The van der Waals surface area contributed by atoms with Crippen LogP contribution in [0.3, 0.4) is 0 Å². The summed E-state index contributed by atoms with van der Waals surface area (Å²) < 4.78 is 12.3. The topological polar surface area (TPSA) is 109 Å². The molecule has 0 bridgehead atoms. The highest BCUT2D eigenvalue weighted by atomic mass is 79.9. The third-order valence-corrected chi connectivity index (χ3v) is 5.45. The molecule has 0 aliphatic carbocycles. The Bertz CT molecular complexity index is 1320. The highest BCUT2D eigenvalue weighted by Crippen LogP contribution is 2.38. The van der Waals surface area contributed by atoms with Crippen molar-refractivity contribution in [1.29, 1.82) is 5.26 Å². The number of carbonyl (C=O) groups is 2. The molecular formula is C26H20BrClN2O5. The van der Waals surface area contributed by atoms with Crippen molar-refractivity contribution in [2.75, 3.05) is 11.9 Å². The van der Waals surface area contributed by atoms with E-state index in [4.69, 9.17) is 26.2 Å². The largest absolute Gasteiger partial charge is 0.490 e. The van der Waals surface area contributed by atoms with Gasteiger partial charge in [-0.05, 0) is 66.6 Å². The number of nitriles is 1. The highest BCUT2D eigenvalue weighted by molar-refractivity contribution is 9.10. The number of nitrogens with zero attached hydrogens (tertiary/aromatic N) is 1. The first-order valence-corrected chi connectivity index (χ1v) is 11.6. The van der Waals surface area contributed by atoms with Crippen molar-refractivity contribution in [2.45, 2.75) is 13.5 Å². The number of carboxylic acids is 1. The minimum Gasteiger partial charge on any atom is -0.490 e. The predicted octanol–water partition coefficient (Wildman–Crippen LogP) is 6.32. The summed E-state index contributed by atoms with van der Waals surface area (Å²) in [4.78, 5) is 23.6. The van der Waals surface area contributed by atoms with Crippen LogP contribution in [-0.2, 0) is 11.4 Å². The highest BCUT2D eigenvalue weighted by Gasteiger charge is 2.15. The third kappa shape index (κ3) is 7.09. The molecular weight excluding hydrogens is 536 g/mol. The zero-order chi connectivity index (χ0) is 25.4. The Labute approximate surface area is 215 Å². The quantitative estimate of drug-likeness (QED) is 0.236. The molecule has 178 valence electrons. The molecule has 0 aliphatic rings. The fourth-order valence-corrected chi connectivity index (χ4v) is 3.73. The van der Waals surface area contributed by atoms with Crippen LogP contribution < -0.4 is 14.8 Å². The summed E-state index contributed by atoms with van der Waals surface area (Å²) in [6, 6.07) is 18.4. The summed E-state index contributed by atoms with van der Waals surface area (Å²) in [6.45, 7) is 2.27. The number of hydrogen-bond acceptors (Lipinski definition) is 5. The molecule has 7 nitrogen and oxygen atoms in total. The van der Waals surface area contributed by atoms with E-state index in [-0.39, 0.29) is 22.8 Å². The van der Waals surface area contributed by atoms with Crippen molar-refractivity contribution in [3.05, 3.63) is 92.4 Å². The van der Waals surface area contributed by atoms with Gasteiger partial charge in [0.25, 0.3) is 5.91 Å². The number of rotatable bonds is 9. The van der Waals surface area contributed by atoms with Crippen LogP contribution in [0.5, 0.6) is 11.5 Å². The SMILES string of the molecule is CCOc1cc(/C=C(/C#N)C(=O)Nc2cccc(Br)c2)cc(Cl)c1OCc1ccc(C(=O)O)cc1. The maximum Gasteiger partial charge on any atom is 0.335 e. The normalized spacial score (nSPS) is 10.9. The van der Waals surface area contributed by atoms with E-state index in [9.17, 15) is 14.9 Å². The Morgan fingerprint density at radius 2 is 1.89 bits per heavy atom. The van der Waals surface area contributed by atoms with Crippen LogP contribution in [0.2, 0.25) is 5.02 Å². The van der Waals surface area contributed by atoms with E-state index in [0.29, 0.717) is 29.4 Å². The third-order valence-electron chi connectivity index (χ3n) is 4.67. The molecule has 0 unspecified atom stereocenters. The Kier molecular flexibility index (Phi) is 8.90. The first kappa shape index (κ1) is 25.8. The zero-order valence-electron chi connectivity index (χ0n) is 18.5. The minimum atomic E-state index is -1.01. The molecule has 0 heterocycles. The van der Waals surface area contributed by atoms with E-state index in [2.05, 4.69) is 21.2 Å². The maximum absolute atomic E-state index is 12.6. The van der Waals surface area contributed by atoms with Gasteiger partial charge in [-0.3, -0.25) is 4.79 Å². The number of aromatic carboxylic acids is 1. The van der Waals surface area contributed by atoms with E-state index in [0.717, 1.165) is 10.0 Å². The molecule has 0 aromatic heterocycles. The number of amides is 1. The van der Waals surface area contributed by atoms with Crippen LogP contribution in [0.1, 0.15) is 28.4 Å². The molecule has 9 heteroatoms. The van der Waals surface area contributed by atoms with Crippen molar-refractivity contribution in [1.82, 2.24) is 0 Å². The lowest BCUT2D eigenvalue weighted by molar-refractivity contribution is -0.112. The number of carboxylic acid groups (broad SMARTS) is 1. The van der Waals surface area contributed by atoms with Gasteiger partial charge in [0.05, 0.1) is 17.2 Å². The second-order valence-electron chi connectivity index (χ2n) is 7.19. The molecule has 0 aliphatic heterocycles. The number of ether oxygens (including phenoxy) is 2. The molecule has 35 heavy (non-hydrogen) atoms. The number of nitrogens with one attached hydrogen (secondary N) is 1. The first-order valence-electron chi connectivity index (χ1n) is 10.4. The number of benzene rings is 3. The summed E-state index contributed by atoms with van der Waals surface area (Å²) in [7, 11) is 0. The van der Waals surface area contributed by atoms with E-state index >= 15 is 0 Å². The molecule has 0 spiro atoms. The molecule has 0 atom stereocenters. The number of halogens is 2. The molecule has 0 radical (unpaired) electrons. The molecule has 3 rings (SSSR count). The molecule has 3 aromatic carbocycles. The standard InChI is InChI=1S/C26H20BrClN2O5/c1-2-34-23-12-17(10-19(14-29)25(31)30-21-5-3-4-20(27)13-21)11-22(28)24(23)35-15-16-6-8-18(9-7-16)26(32)33/h3-13H,2,15H2,1H3,(H,30,31)(H,32,33)/b19-10-. The molecule has 1 amide bonds. The van der Waals surface area contributed by atoms with E-state index in [1.165, 1.54) is 18.2 Å². The average molecular weight is 556 g/mol. The monoisotopic (exact) mass is 554 g/mol. The van der Waals surface area contributed by atoms with Crippen LogP contribution in [0, 0.1) is 11.3 Å². The van der Waals surface area contributed by atoms with Crippen LogP contribution in [0.15, 0.2) is 70.7 Å². The van der Waals surface area contributed by atoms with Crippen molar-refractivity contribution < 1.29 is 24.2 Å². The van der Waals surface area contributed by atoms with E-state index in [1.807, 2.05) is 12.1 Å². The Morgan fingerprint density at radius 1 is 1.14 bits per heavy atom. The van der Waals surface area contributed by atoms with Crippen molar-refractivity contribution in [3.8, 4) is 17.6 Å². The number of anilines is 1. The lowest BCUT2D eigenvalue weighted by Crippen LogP contribution is -2.13. The van der Waals surface area contributed by atoms with Gasteiger partial charge in [-0.15, -0.1) is 0 Å². The zero-order valence-corrected chi connectivity index (χ0v) is 20.9. The summed E-state index contributed by atoms with van der Waals surface area (Å²) in [5.41, 5.74) is 1.83. The Hall–Kier alpha value is -3.80. The molecule has 0 saturated heterocycles. The van der Waals surface area contributed by atoms with Gasteiger partial charge in [-0.25, -0.2) is 4.79 Å². The van der Waals surface area contributed by atoms with Gasteiger partial charge in [0, 0.05) is 10.2 Å². The lowest BCUT2D eigenvalue weighted by atomic mass is 10.1. The summed E-state index contributed by atoms with van der Waals surface area (Å²) in [5, 5.41) is 21.5. The summed E-state index contributed by atoms with van der Waals surface area (Å²) >= 11 is 9.79. The van der Waals surface area contributed by atoms with E-state index in [1.54, 1.807) is 49.4 Å². The minimum absolute atomic E-state index is 0.115. The number of hydrogen-bond donors (Lipinski definition) is 2. The van der Waals surface area contributed by atoms with Gasteiger partial charge < -0.3 is 19.9 Å². The lowest BCUT2D eigenvalue weighted by Gasteiger charge is -2.15. The van der Waals surface area contributed by atoms with E-state index < -0.39 is 11.9 Å². The first-order chi connectivity index (χ1) is 16.8. The van der Waals surface area contributed by atoms with Gasteiger partial charge in [0.1, 0.15) is 18.2 Å². The maximum atomic E-state index is 12.6. The van der Waals surface area contributed by atoms with Crippen molar-refractivity contribution >= 4 is 51.2 Å². The average Bonchev–Trinajstić information content (AvgIpc) is 2.82. The van der Waals surface area contributed by atoms with Gasteiger partial charge in [0.2, 0.25) is 0 Å². The van der Waals surface area contributed by atoms with Crippen molar-refractivity contribution in [3.63, 3.8) is 0 Å².